The van der Waals surface area contributed by atoms with Crippen molar-refractivity contribution in [3.63, 3.8) is 0 Å². The van der Waals surface area contributed by atoms with Gasteiger partial charge in [-0.15, -0.1) is 0 Å². The number of hydrogen-bond acceptors (Lipinski definition) is 4. The summed E-state index contributed by atoms with van der Waals surface area (Å²) in [6.45, 7) is 4.99. The zero-order chi connectivity index (χ0) is 19.1. The Morgan fingerprint density at radius 3 is 2.56 bits per heavy atom. The molecule has 0 saturated carbocycles. The van der Waals surface area contributed by atoms with Gasteiger partial charge in [0, 0.05) is 5.56 Å². The van der Waals surface area contributed by atoms with Crippen molar-refractivity contribution in [3.05, 3.63) is 64.4 Å². The Bertz CT molecular complexity index is 940. The zero-order valence-corrected chi connectivity index (χ0v) is 16.5. The van der Waals surface area contributed by atoms with Gasteiger partial charge in [0.05, 0.1) is 12.8 Å². The Morgan fingerprint density at radius 1 is 1.11 bits per heavy atom. The maximum absolute atomic E-state index is 5.74. The number of benzene rings is 2. The highest BCUT2D eigenvalue weighted by Gasteiger charge is 2.07. The maximum atomic E-state index is 5.74. The van der Waals surface area contributed by atoms with Crippen LogP contribution in [0.15, 0.2) is 53.6 Å². The summed E-state index contributed by atoms with van der Waals surface area (Å²) in [6, 6.07) is 16.0. The molecule has 0 amide bonds. The normalized spacial score (nSPS) is 11.2. The molecule has 0 aliphatic carbocycles. The van der Waals surface area contributed by atoms with E-state index in [1.165, 1.54) is 18.4 Å². The van der Waals surface area contributed by atoms with Crippen LogP contribution in [0.25, 0.3) is 11.4 Å². The molecule has 0 atom stereocenters. The lowest BCUT2D eigenvalue weighted by Crippen LogP contribution is -1.97. The van der Waals surface area contributed by atoms with Gasteiger partial charge in [-0.25, -0.2) is 5.10 Å². The lowest BCUT2D eigenvalue weighted by molar-refractivity contribution is 0.306. The third-order valence-electron chi connectivity index (χ3n) is 4.18. The van der Waals surface area contributed by atoms with E-state index in [1.54, 1.807) is 10.9 Å². The Hall–Kier alpha value is -2.73. The highest BCUT2D eigenvalue weighted by Crippen LogP contribution is 2.18. The molecule has 5 nitrogen and oxygen atoms in total. The highest BCUT2D eigenvalue weighted by molar-refractivity contribution is 7.71. The van der Waals surface area contributed by atoms with Gasteiger partial charge in [-0.2, -0.15) is 14.9 Å². The van der Waals surface area contributed by atoms with Gasteiger partial charge in [0.1, 0.15) is 5.75 Å². The second-order valence-corrected chi connectivity index (χ2v) is 6.79. The van der Waals surface area contributed by atoms with E-state index >= 15 is 0 Å². The lowest BCUT2D eigenvalue weighted by atomic mass is 10.1. The Labute approximate surface area is 164 Å². The first-order valence-electron chi connectivity index (χ1n) is 9.19. The van der Waals surface area contributed by atoms with Gasteiger partial charge in [0.15, 0.2) is 5.82 Å². The monoisotopic (exact) mass is 380 g/mol. The van der Waals surface area contributed by atoms with Crippen LogP contribution in [0.5, 0.6) is 5.75 Å². The van der Waals surface area contributed by atoms with Crippen molar-refractivity contribution in [1.29, 1.82) is 0 Å². The minimum atomic E-state index is 0.456. The molecule has 0 fully saturated rings. The first-order valence-corrected chi connectivity index (χ1v) is 9.60. The molecule has 1 aromatic heterocycles. The molecule has 2 aromatic carbocycles. The second kappa shape index (κ2) is 9.28. The molecule has 0 radical (unpaired) electrons. The van der Waals surface area contributed by atoms with Gasteiger partial charge < -0.3 is 4.74 Å². The van der Waals surface area contributed by atoms with Crippen LogP contribution >= 0.6 is 12.2 Å². The number of rotatable bonds is 8. The molecule has 3 aromatic rings. The number of H-pyrrole nitrogens is 1. The third-order valence-corrected chi connectivity index (χ3v) is 4.44. The molecule has 1 N–H and O–H groups in total. The lowest BCUT2D eigenvalue weighted by Gasteiger charge is -2.05. The molecular formula is C21H24N4OS. The van der Waals surface area contributed by atoms with E-state index in [2.05, 4.69) is 29.1 Å². The van der Waals surface area contributed by atoms with Crippen LogP contribution in [-0.2, 0) is 0 Å². The number of nitrogens with one attached hydrogen (secondary N) is 1. The van der Waals surface area contributed by atoms with E-state index in [9.17, 15) is 0 Å². The number of aryl methyl sites for hydroxylation is 1. The van der Waals surface area contributed by atoms with E-state index in [-0.39, 0.29) is 0 Å². The van der Waals surface area contributed by atoms with Crippen molar-refractivity contribution in [2.75, 3.05) is 6.61 Å². The van der Waals surface area contributed by atoms with E-state index in [1.807, 2.05) is 48.5 Å². The number of aromatic nitrogens is 3. The summed E-state index contributed by atoms with van der Waals surface area (Å²) in [6.07, 6.45) is 5.24. The molecule has 0 bridgehead atoms. The summed E-state index contributed by atoms with van der Waals surface area (Å²) in [4.78, 5) is 0. The fraction of sp³-hybridized carbons (Fsp3) is 0.286. The fourth-order valence-electron chi connectivity index (χ4n) is 2.60. The van der Waals surface area contributed by atoms with Gasteiger partial charge in [-0.1, -0.05) is 49.6 Å². The average molecular weight is 381 g/mol. The number of ether oxygens (including phenoxy) is 1. The first kappa shape index (κ1) is 19.0. The van der Waals surface area contributed by atoms with Crippen LogP contribution in [0.3, 0.4) is 0 Å². The van der Waals surface area contributed by atoms with E-state index in [0.717, 1.165) is 29.9 Å². The van der Waals surface area contributed by atoms with Gasteiger partial charge in [0.25, 0.3) is 0 Å². The molecule has 0 aliphatic heterocycles. The number of nitrogens with zero attached hydrogens (tertiary/aromatic N) is 3. The fourth-order valence-corrected chi connectivity index (χ4v) is 2.78. The molecule has 0 saturated heterocycles. The van der Waals surface area contributed by atoms with E-state index in [0.29, 0.717) is 10.6 Å². The van der Waals surface area contributed by atoms with Gasteiger partial charge in [-0.3, -0.25) is 0 Å². The van der Waals surface area contributed by atoms with Crippen molar-refractivity contribution in [3.8, 4) is 17.1 Å². The van der Waals surface area contributed by atoms with Gasteiger partial charge in [-0.05, 0) is 55.4 Å². The molecule has 3 rings (SSSR count). The molecule has 1 heterocycles. The third kappa shape index (κ3) is 5.14. The van der Waals surface area contributed by atoms with Crippen LogP contribution < -0.4 is 4.74 Å². The number of unbranched alkanes of at least 4 members (excludes halogenated alkanes) is 2. The number of aromatic amines is 1. The smallest absolute Gasteiger partial charge is 0.216 e. The van der Waals surface area contributed by atoms with Gasteiger partial charge >= 0.3 is 0 Å². The SMILES string of the molecule is CCCCCOc1ccc(/C=N\n2c(-c3ccc(C)cc3)n[nH]c2=S)cc1. The minimum absolute atomic E-state index is 0.456. The molecule has 0 aliphatic rings. The second-order valence-electron chi connectivity index (χ2n) is 6.40. The standard InChI is InChI=1S/C21H24N4OS/c1-3-4-5-14-26-19-12-8-17(9-13-19)15-22-25-20(23-24-21(25)27)18-10-6-16(2)7-11-18/h6-13,15H,3-5,14H2,1-2H3,(H,24,27)/b22-15-. The Balaban J connectivity index is 1.72. The highest BCUT2D eigenvalue weighted by atomic mass is 32.1. The molecule has 0 spiro atoms. The zero-order valence-electron chi connectivity index (χ0n) is 15.7. The van der Waals surface area contributed by atoms with Crippen LogP contribution in [0.1, 0.15) is 37.3 Å². The quantitative estimate of drug-likeness (QED) is 0.325. The van der Waals surface area contributed by atoms with Crippen molar-refractivity contribution < 1.29 is 4.74 Å². The van der Waals surface area contributed by atoms with Gasteiger partial charge in [0.2, 0.25) is 4.77 Å². The molecule has 140 valence electrons. The van der Waals surface area contributed by atoms with E-state index < -0.39 is 0 Å². The first-order chi connectivity index (χ1) is 13.2. The predicted molar refractivity (Wildman–Crippen MR) is 112 cm³/mol. The molecule has 27 heavy (non-hydrogen) atoms. The van der Waals surface area contributed by atoms with Crippen molar-refractivity contribution in [2.45, 2.75) is 33.1 Å². The summed E-state index contributed by atoms with van der Waals surface area (Å²) in [5.41, 5.74) is 3.12. The minimum Gasteiger partial charge on any atom is -0.494 e. The van der Waals surface area contributed by atoms with Crippen LogP contribution in [0.2, 0.25) is 0 Å². The molecular weight excluding hydrogens is 356 g/mol. The summed E-state index contributed by atoms with van der Waals surface area (Å²) >= 11 is 5.32. The summed E-state index contributed by atoms with van der Waals surface area (Å²) < 4.78 is 7.83. The average Bonchev–Trinajstić information content (AvgIpc) is 3.06. The number of hydrogen-bond donors (Lipinski definition) is 1. The molecule has 6 heteroatoms. The van der Waals surface area contributed by atoms with Crippen LogP contribution in [0, 0.1) is 11.7 Å². The van der Waals surface area contributed by atoms with Crippen molar-refractivity contribution in [2.24, 2.45) is 5.10 Å². The Kier molecular flexibility index (Phi) is 6.54. The predicted octanol–water partition coefficient (Wildman–Crippen LogP) is 5.37. The summed E-state index contributed by atoms with van der Waals surface area (Å²) in [7, 11) is 0. The Morgan fingerprint density at radius 2 is 1.85 bits per heavy atom. The van der Waals surface area contributed by atoms with Crippen molar-refractivity contribution >= 4 is 18.4 Å². The van der Waals surface area contributed by atoms with E-state index in [4.69, 9.17) is 17.0 Å². The summed E-state index contributed by atoms with van der Waals surface area (Å²) in [5, 5.41) is 11.6. The molecule has 0 unspecified atom stereocenters. The van der Waals surface area contributed by atoms with Crippen molar-refractivity contribution in [1.82, 2.24) is 14.9 Å². The largest absolute Gasteiger partial charge is 0.494 e. The topological polar surface area (TPSA) is 55.2 Å². The summed E-state index contributed by atoms with van der Waals surface area (Å²) in [5.74, 6) is 1.57. The maximum Gasteiger partial charge on any atom is 0.216 e. The van der Waals surface area contributed by atoms with Crippen LogP contribution in [0.4, 0.5) is 0 Å². The van der Waals surface area contributed by atoms with Crippen LogP contribution in [-0.4, -0.2) is 27.7 Å².